The summed E-state index contributed by atoms with van der Waals surface area (Å²) in [6.45, 7) is 8.95. The minimum atomic E-state index is 0.380. The van der Waals surface area contributed by atoms with Gasteiger partial charge in [-0.15, -0.1) is 0 Å². The monoisotopic (exact) mass is 282 g/mol. The van der Waals surface area contributed by atoms with E-state index in [0.717, 1.165) is 0 Å². The maximum absolute atomic E-state index is 4.76. The van der Waals surface area contributed by atoms with E-state index in [4.69, 9.17) is 4.98 Å². The Kier molecular flexibility index (Phi) is 3.36. The summed E-state index contributed by atoms with van der Waals surface area (Å²) >= 11 is 0.380. The van der Waals surface area contributed by atoms with Crippen molar-refractivity contribution < 1.29 is 0 Å². The number of rotatable bonds is 3. The van der Waals surface area contributed by atoms with E-state index in [1.54, 1.807) is 0 Å². The van der Waals surface area contributed by atoms with Crippen LogP contribution in [0.1, 0.15) is 27.7 Å². The van der Waals surface area contributed by atoms with Gasteiger partial charge in [0.25, 0.3) is 0 Å². The summed E-state index contributed by atoms with van der Waals surface area (Å²) < 4.78 is 2.69. The standard InChI is InChI=1S/C13H18N2Se/c1-9(2)15(10(3)4)13-14-11-7-5-6-8-12(11)16-13/h5-10H,1-4H3. The second kappa shape index (κ2) is 4.60. The van der Waals surface area contributed by atoms with Gasteiger partial charge in [-0.25, -0.2) is 0 Å². The van der Waals surface area contributed by atoms with Gasteiger partial charge in [-0.1, -0.05) is 0 Å². The number of nitrogens with zero attached hydrogens (tertiary/aromatic N) is 2. The van der Waals surface area contributed by atoms with Crippen LogP contribution in [-0.2, 0) is 0 Å². The van der Waals surface area contributed by atoms with Crippen molar-refractivity contribution in [2.75, 3.05) is 4.90 Å². The number of para-hydroxylation sites is 1. The first-order valence-electron chi connectivity index (χ1n) is 5.73. The Balaban J connectivity index is 2.45. The molecule has 0 aliphatic carbocycles. The molecule has 0 saturated carbocycles. The van der Waals surface area contributed by atoms with Gasteiger partial charge in [0.15, 0.2) is 0 Å². The molecule has 0 saturated heterocycles. The third kappa shape index (κ3) is 2.16. The van der Waals surface area contributed by atoms with Gasteiger partial charge < -0.3 is 0 Å². The van der Waals surface area contributed by atoms with Crippen LogP contribution in [0.15, 0.2) is 24.3 Å². The van der Waals surface area contributed by atoms with E-state index in [1.807, 2.05) is 0 Å². The van der Waals surface area contributed by atoms with Crippen molar-refractivity contribution in [3.05, 3.63) is 24.3 Å². The maximum atomic E-state index is 4.76. The number of benzene rings is 1. The van der Waals surface area contributed by atoms with E-state index in [9.17, 15) is 0 Å². The second-order valence-corrected chi connectivity index (χ2v) is 6.68. The fourth-order valence-electron chi connectivity index (χ4n) is 2.01. The van der Waals surface area contributed by atoms with Crippen LogP contribution in [-0.4, -0.2) is 31.6 Å². The van der Waals surface area contributed by atoms with Gasteiger partial charge in [0.2, 0.25) is 0 Å². The third-order valence-electron chi connectivity index (χ3n) is 2.62. The predicted octanol–water partition coefficient (Wildman–Crippen LogP) is 2.92. The summed E-state index contributed by atoms with van der Waals surface area (Å²) in [6, 6.07) is 9.53. The van der Waals surface area contributed by atoms with E-state index in [2.05, 4.69) is 56.9 Å². The zero-order chi connectivity index (χ0) is 11.7. The topological polar surface area (TPSA) is 16.1 Å². The minimum absolute atomic E-state index is 0.380. The summed E-state index contributed by atoms with van der Waals surface area (Å²) in [5.41, 5.74) is 1.17. The Bertz CT molecular complexity index is 432. The molecule has 2 rings (SSSR count). The van der Waals surface area contributed by atoms with Crippen LogP contribution in [0.25, 0.3) is 9.78 Å². The molecule has 1 aromatic carbocycles. The first-order valence-corrected chi connectivity index (χ1v) is 7.45. The van der Waals surface area contributed by atoms with Gasteiger partial charge in [0.05, 0.1) is 0 Å². The van der Waals surface area contributed by atoms with E-state index >= 15 is 0 Å². The molecular weight excluding hydrogens is 263 g/mol. The van der Waals surface area contributed by atoms with Crippen molar-refractivity contribution in [2.24, 2.45) is 0 Å². The molecule has 16 heavy (non-hydrogen) atoms. The molecule has 0 radical (unpaired) electrons. The zero-order valence-electron chi connectivity index (χ0n) is 10.3. The first-order chi connectivity index (χ1) is 7.59. The average Bonchev–Trinajstić information content (AvgIpc) is 2.58. The van der Waals surface area contributed by atoms with Crippen molar-refractivity contribution >= 4 is 29.0 Å². The number of hydrogen-bond acceptors (Lipinski definition) is 2. The summed E-state index contributed by atoms with van der Waals surface area (Å²) in [6.07, 6.45) is 0. The normalized spacial score (nSPS) is 11.6. The molecule has 0 aliphatic rings. The van der Waals surface area contributed by atoms with Crippen molar-refractivity contribution in [2.45, 2.75) is 39.8 Å². The molecule has 1 heterocycles. The summed E-state index contributed by atoms with van der Waals surface area (Å²) in [5.74, 6) is 0. The van der Waals surface area contributed by atoms with Crippen molar-refractivity contribution in [1.29, 1.82) is 0 Å². The van der Waals surface area contributed by atoms with Gasteiger partial charge in [0.1, 0.15) is 0 Å². The van der Waals surface area contributed by atoms with Crippen LogP contribution in [0.2, 0.25) is 0 Å². The Morgan fingerprint density at radius 3 is 2.25 bits per heavy atom. The number of hydrogen-bond donors (Lipinski definition) is 0. The summed E-state index contributed by atoms with van der Waals surface area (Å²) in [5, 5.41) is 0. The van der Waals surface area contributed by atoms with Crippen LogP contribution in [0.4, 0.5) is 4.69 Å². The van der Waals surface area contributed by atoms with Gasteiger partial charge >= 0.3 is 103 Å². The van der Waals surface area contributed by atoms with Crippen LogP contribution < -0.4 is 4.90 Å². The van der Waals surface area contributed by atoms with E-state index in [1.165, 1.54) is 14.5 Å². The van der Waals surface area contributed by atoms with Gasteiger partial charge in [-0.3, -0.25) is 0 Å². The fraction of sp³-hybridized carbons (Fsp3) is 0.462. The summed E-state index contributed by atoms with van der Waals surface area (Å²) in [4.78, 5) is 7.20. The second-order valence-electron chi connectivity index (χ2n) is 4.56. The first kappa shape index (κ1) is 11.7. The van der Waals surface area contributed by atoms with Crippen LogP contribution >= 0.6 is 0 Å². The summed E-state index contributed by atoms with van der Waals surface area (Å²) in [7, 11) is 0. The molecule has 0 N–H and O–H groups in total. The quantitative estimate of drug-likeness (QED) is 0.804. The number of fused-ring (bicyclic) bond motifs is 1. The molecule has 0 atom stereocenters. The van der Waals surface area contributed by atoms with Crippen LogP contribution in [0.3, 0.4) is 0 Å². The van der Waals surface area contributed by atoms with Crippen molar-refractivity contribution in [1.82, 2.24) is 4.98 Å². The molecule has 0 unspecified atom stereocenters. The molecule has 2 nitrogen and oxygen atoms in total. The third-order valence-corrected chi connectivity index (χ3v) is 4.82. The van der Waals surface area contributed by atoms with E-state index in [-0.39, 0.29) is 0 Å². The van der Waals surface area contributed by atoms with E-state index in [0.29, 0.717) is 26.6 Å². The Morgan fingerprint density at radius 1 is 1.06 bits per heavy atom. The molecule has 0 bridgehead atoms. The van der Waals surface area contributed by atoms with Gasteiger partial charge in [0, 0.05) is 0 Å². The Morgan fingerprint density at radius 2 is 1.69 bits per heavy atom. The molecule has 2 aromatic rings. The van der Waals surface area contributed by atoms with E-state index < -0.39 is 0 Å². The molecule has 0 amide bonds. The van der Waals surface area contributed by atoms with Crippen molar-refractivity contribution in [3.63, 3.8) is 0 Å². The molecule has 86 valence electrons. The van der Waals surface area contributed by atoms with Crippen LogP contribution in [0, 0.1) is 0 Å². The SMILES string of the molecule is CC(C)N(c1nc2ccccc2[se]1)C(C)C. The Hall–Kier alpha value is -0.791. The van der Waals surface area contributed by atoms with Gasteiger partial charge in [-0.2, -0.15) is 0 Å². The zero-order valence-corrected chi connectivity index (χ0v) is 12.0. The molecule has 3 heteroatoms. The average molecular weight is 281 g/mol. The molecule has 0 fully saturated rings. The number of aromatic nitrogens is 1. The van der Waals surface area contributed by atoms with Crippen LogP contribution in [0.5, 0.6) is 0 Å². The molecule has 0 aliphatic heterocycles. The predicted molar refractivity (Wildman–Crippen MR) is 71.4 cm³/mol. The fourth-order valence-corrected chi connectivity index (χ4v) is 4.59. The van der Waals surface area contributed by atoms with Gasteiger partial charge in [-0.05, 0) is 0 Å². The van der Waals surface area contributed by atoms with Crippen molar-refractivity contribution in [3.8, 4) is 0 Å². The Labute approximate surface area is 103 Å². The molecule has 0 spiro atoms. The molecular formula is C13H18N2Se. The number of anilines is 1. The molecule has 1 aromatic heterocycles.